The monoisotopic (exact) mass is 540 g/mol. The molecule has 4 nitrogen and oxygen atoms in total. The van der Waals surface area contributed by atoms with Gasteiger partial charge in [-0.05, 0) is 64.2 Å². The lowest BCUT2D eigenvalue weighted by Gasteiger charge is -2.36. The molecule has 0 fully saturated rings. The van der Waals surface area contributed by atoms with Crippen molar-refractivity contribution in [1.82, 2.24) is 5.32 Å². The SMILES string of the molecule is CCC(C)(C)[C@H]1CCc2c(sc3c2C(=O)N[C@@H](c2cc(Br)cc(Br)c2OC)N3)C1. The molecule has 2 atom stereocenters. The maximum atomic E-state index is 13.1. The van der Waals surface area contributed by atoms with Crippen molar-refractivity contribution in [2.75, 3.05) is 12.4 Å². The van der Waals surface area contributed by atoms with Crippen LogP contribution >= 0.6 is 43.2 Å². The van der Waals surface area contributed by atoms with Crippen LogP contribution in [0.3, 0.4) is 0 Å². The van der Waals surface area contributed by atoms with Gasteiger partial charge < -0.3 is 15.4 Å². The first kappa shape index (κ1) is 21.2. The van der Waals surface area contributed by atoms with Crippen LogP contribution < -0.4 is 15.4 Å². The number of amides is 1. The number of thiophene rings is 1. The molecule has 2 N–H and O–H groups in total. The maximum Gasteiger partial charge on any atom is 0.256 e. The number of hydrogen-bond acceptors (Lipinski definition) is 4. The molecule has 2 heterocycles. The lowest BCUT2D eigenvalue weighted by atomic mass is 9.69. The summed E-state index contributed by atoms with van der Waals surface area (Å²) in [6, 6.07) is 3.93. The van der Waals surface area contributed by atoms with Crippen molar-refractivity contribution in [3.05, 3.63) is 42.6 Å². The lowest BCUT2D eigenvalue weighted by Crippen LogP contribution is -2.38. The van der Waals surface area contributed by atoms with Crippen LogP contribution in [0.4, 0.5) is 5.00 Å². The van der Waals surface area contributed by atoms with Gasteiger partial charge in [0.2, 0.25) is 0 Å². The molecule has 2 aliphatic rings. The summed E-state index contributed by atoms with van der Waals surface area (Å²) in [6.07, 6.45) is 4.05. The number of benzene rings is 1. The fourth-order valence-corrected chi connectivity index (χ4v) is 7.19. The van der Waals surface area contributed by atoms with E-state index in [-0.39, 0.29) is 12.1 Å². The molecule has 1 aliphatic carbocycles. The van der Waals surface area contributed by atoms with E-state index in [0.29, 0.717) is 11.3 Å². The summed E-state index contributed by atoms with van der Waals surface area (Å²) in [5, 5.41) is 7.69. The number of rotatable bonds is 4. The Morgan fingerprint density at radius 3 is 2.72 bits per heavy atom. The largest absolute Gasteiger partial charge is 0.495 e. The molecule has 0 radical (unpaired) electrons. The van der Waals surface area contributed by atoms with Crippen LogP contribution in [-0.4, -0.2) is 13.0 Å². The first-order valence-electron chi connectivity index (χ1n) is 10.00. The Balaban J connectivity index is 1.68. The average Bonchev–Trinajstić information content (AvgIpc) is 3.05. The number of fused-ring (bicyclic) bond motifs is 3. The Morgan fingerprint density at radius 2 is 2.03 bits per heavy atom. The predicted octanol–water partition coefficient (Wildman–Crippen LogP) is 6.68. The van der Waals surface area contributed by atoms with Crippen LogP contribution in [0.1, 0.15) is 66.1 Å². The van der Waals surface area contributed by atoms with Crippen LogP contribution in [0.15, 0.2) is 21.1 Å². The maximum absolute atomic E-state index is 13.1. The van der Waals surface area contributed by atoms with Gasteiger partial charge in [0.05, 0.1) is 17.1 Å². The normalized spacial score (nSPS) is 21.1. The molecule has 0 saturated carbocycles. The van der Waals surface area contributed by atoms with Gasteiger partial charge in [-0.15, -0.1) is 11.3 Å². The van der Waals surface area contributed by atoms with E-state index < -0.39 is 0 Å². The van der Waals surface area contributed by atoms with Crippen molar-refractivity contribution in [2.24, 2.45) is 11.3 Å². The molecule has 0 spiro atoms. The molecule has 0 unspecified atom stereocenters. The molecule has 0 bridgehead atoms. The van der Waals surface area contributed by atoms with Crippen LogP contribution in [0.25, 0.3) is 0 Å². The highest BCUT2D eigenvalue weighted by molar-refractivity contribution is 9.11. The third-order valence-corrected chi connectivity index (χ3v) is 8.84. The quantitative estimate of drug-likeness (QED) is 0.454. The number of methoxy groups -OCH3 is 1. The Kier molecular flexibility index (Phi) is 5.77. The van der Waals surface area contributed by atoms with Gasteiger partial charge in [0.15, 0.2) is 0 Å². The molecular weight excluding hydrogens is 516 g/mol. The Hall–Kier alpha value is -1.05. The van der Waals surface area contributed by atoms with Crippen LogP contribution in [0.2, 0.25) is 0 Å². The van der Waals surface area contributed by atoms with Gasteiger partial charge in [-0.25, -0.2) is 0 Å². The highest BCUT2D eigenvalue weighted by Gasteiger charge is 2.38. The summed E-state index contributed by atoms with van der Waals surface area (Å²) in [4.78, 5) is 14.5. The van der Waals surface area contributed by atoms with E-state index in [1.54, 1.807) is 18.4 Å². The fourth-order valence-electron chi connectivity index (χ4n) is 4.42. The lowest BCUT2D eigenvalue weighted by molar-refractivity contribution is 0.0934. The Labute approximate surface area is 193 Å². The van der Waals surface area contributed by atoms with E-state index in [4.69, 9.17) is 4.74 Å². The highest BCUT2D eigenvalue weighted by Crippen LogP contribution is 2.47. The van der Waals surface area contributed by atoms with E-state index in [9.17, 15) is 4.79 Å². The van der Waals surface area contributed by atoms with E-state index in [1.165, 1.54) is 16.9 Å². The van der Waals surface area contributed by atoms with Gasteiger partial charge in [-0.3, -0.25) is 4.79 Å². The number of hydrogen-bond donors (Lipinski definition) is 2. The summed E-state index contributed by atoms with van der Waals surface area (Å²) < 4.78 is 7.37. The molecule has 0 saturated heterocycles. The molecule has 7 heteroatoms. The van der Waals surface area contributed by atoms with Gasteiger partial charge in [-0.2, -0.15) is 0 Å². The molecule has 1 aromatic heterocycles. The molecule has 2 aromatic rings. The second-order valence-electron chi connectivity index (χ2n) is 8.55. The zero-order valence-corrected chi connectivity index (χ0v) is 21.1. The number of carbonyl (C=O) groups excluding carboxylic acids is 1. The van der Waals surface area contributed by atoms with E-state index in [1.807, 2.05) is 12.1 Å². The van der Waals surface area contributed by atoms with E-state index in [0.717, 1.165) is 50.1 Å². The number of nitrogens with one attached hydrogen (secondary N) is 2. The average molecular weight is 542 g/mol. The van der Waals surface area contributed by atoms with Crippen LogP contribution in [0.5, 0.6) is 5.75 Å². The van der Waals surface area contributed by atoms with Crippen molar-refractivity contribution < 1.29 is 9.53 Å². The topological polar surface area (TPSA) is 50.4 Å². The molecule has 156 valence electrons. The summed E-state index contributed by atoms with van der Waals surface area (Å²) in [6.45, 7) is 7.02. The summed E-state index contributed by atoms with van der Waals surface area (Å²) in [5.41, 5.74) is 3.32. The van der Waals surface area contributed by atoms with Gasteiger partial charge >= 0.3 is 0 Å². The predicted molar refractivity (Wildman–Crippen MR) is 126 cm³/mol. The molecule has 4 rings (SSSR count). The molecule has 29 heavy (non-hydrogen) atoms. The molecular formula is C22H26Br2N2O2S. The third kappa shape index (κ3) is 3.74. The van der Waals surface area contributed by atoms with Gasteiger partial charge in [0.1, 0.15) is 16.9 Å². The van der Waals surface area contributed by atoms with E-state index in [2.05, 4.69) is 63.3 Å². The number of carbonyl (C=O) groups is 1. The highest BCUT2D eigenvalue weighted by atomic mass is 79.9. The number of halogens is 2. The van der Waals surface area contributed by atoms with Crippen LogP contribution in [0, 0.1) is 11.3 Å². The zero-order chi connectivity index (χ0) is 20.9. The molecule has 1 amide bonds. The first-order chi connectivity index (χ1) is 13.7. The zero-order valence-electron chi connectivity index (χ0n) is 17.1. The van der Waals surface area contributed by atoms with E-state index >= 15 is 0 Å². The minimum Gasteiger partial charge on any atom is -0.495 e. The summed E-state index contributed by atoms with van der Waals surface area (Å²) in [5.74, 6) is 1.40. The van der Waals surface area contributed by atoms with Crippen molar-refractivity contribution in [3.63, 3.8) is 0 Å². The van der Waals surface area contributed by atoms with Gasteiger partial charge in [-0.1, -0.05) is 43.1 Å². The van der Waals surface area contributed by atoms with Gasteiger partial charge in [0.25, 0.3) is 5.91 Å². The minimum absolute atomic E-state index is 0.00704. The third-order valence-electron chi connectivity index (χ3n) is 6.61. The number of anilines is 1. The standard InChI is InChI=1S/C22H26Br2N2O2S/c1-5-22(2,3)11-6-7-13-16(8-11)29-21-17(13)20(27)25-19(26-21)14-9-12(23)10-15(24)18(14)28-4/h9-11,19,26H,5-8H2,1-4H3,(H,25,27)/t11-,19+/m0/s1. The van der Waals surface area contributed by atoms with Crippen molar-refractivity contribution in [2.45, 2.75) is 52.6 Å². The molecule has 1 aromatic carbocycles. The van der Waals surface area contributed by atoms with Crippen molar-refractivity contribution >= 4 is 54.1 Å². The van der Waals surface area contributed by atoms with Gasteiger partial charge in [0, 0.05) is 14.9 Å². The summed E-state index contributed by atoms with van der Waals surface area (Å²) >= 11 is 8.86. The second kappa shape index (κ2) is 7.89. The summed E-state index contributed by atoms with van der Waals surface area (Å²) in [7, 11) is 1.65. The van der Waals surface area contributed by atoms with Crippen LogP contribution in [-0.2, 0) is 12.8 Å². The Morgan fingerprint density at radius 1 is 1.28 bits per heavy atom. The number of ether oxygens (including phenoxy) is 1. The first-order valence-corrected chi connectivity index (χ1v) is 12.4. The van der Waals surface area contributed by atoms with Crippen molar-refractivity contribution in [1.29, 1.82) is 0 Å². The second-order valence-corrected chi connectivity index (χ2v) is 11.4. The minimum atomic E-state index is -0.332. The smallest absolute Gasteiger partial charge is 0.256 e. The molecule has 1 aliphatic heterocycles. The fraction of sp³-hybridized carbons (Fsp3) is 0.500. The van der Waals surface area contributed by atoms with Crippen molar-refractivity contribution in [3.8, 4) is 5.75 Å². The Bertz CT molecular complexity index is 970.